The molecule has 1 atom stereocenters. The van der Waals surface area contributed by atoms with Crippen molar-refractivity contribution in [2.45, 2.75) is 125 Å². The fraction of sp³-hybridized carbons (Fsp3) is 1.00. The van der Waals surface area contributed by atoms with E-state index >= 15 is 0 Å². The number of halogens is 13. The molecule has 0 aliphatic heterocycles. The van der Waals surface area contributed by atoms with Gasteiger partial charge in [0.15, 0.2) is 0 Å². The summed E-state index contributed by atoms with van der Waals surface area (Å²) in [5, 5.41) is -1.90. The molecule has 44 heavy (non-hydrogen) atoms. The molecule has 0 heterocycles. The monoisotopic (exact) mass is 706 g/mol. The van der Waals surface area contributed by atoms with E-state index in [2.05, 4.69) is 11.7 Å². The summed E-state index contributed by atoms with van der Waals surface area (Å²) in [7, 11) is -5.09. The van der Waals surface area contributed by atoms with E-state index in [9.17, 15) is 70.0 Å². The van der Waals surface area contributed by atoms with Crippen LogP contribution in [0.1, 0.15) is 84.0 Å². The summed E-state index contributed by atoms with van der Waals surface area (Å²) >= 11 is 0. The zero-order valence-electron chi connectivity index (χ0n) is 24.3. The molecule has 0 fully saturated rings. The van der Waals surface area contributed by atoms with Gasteiger partial charge in [-0.25, -0.2) is 8.42 Å². The van der Waals surface area contributed by atoms with Crippen LogP contribution in [0.3, 0.4) is 0 Å². The van der Waals surface area contributed by atoms with Gasteiger partial charge in [-0.2, -0.15) is 57.1 Å². The Morgan fingerprint density at radius 2 is 0.932 bits per heavy atom. The molecule has 0 aliphatic rings. The quantitative estimate of drug-likeness (QED) is 0.0584. The fourth-order valence-corrected chi connectivity index (χ4v) is 4.22. The van der Waals surface area contributed by atoms with Gasteiger partial charge in [-0.15, -0.1) is 0 Å². The molecule has 0 aromatic carbocycles. The summed E-state index contributed by atoms with van der Waals surface area (Å²) in [6.45, 7) is -0.712. The first-order valence-electron chi connectivity index (χ1n) is 13.5. The van der Waals surface area contributed by atoms with Gasteiger partial charge in [0, 0.05) is 19.6 Å². The van der Waals surface area contributed by atoms with E-state index in [0.29, 0.717) is 6.42 Å². The molecule has 0 radical (unpaired) electrons. The van der Waals surface area contributed by atoms with E-state index in [4.69, 9.17) is 4.74 Å². The summed E-state index contributed by atoms with van der Waals surface area (Å²) < 4.78 is 214. The minimum atomic E-state index is -7.98. The molecule has 1 unspecified atom stereocenters. The van der Waals surface area contributed by atoms with Crippen LogP contribution < -0.4 is 29.6 Å². The third kappa shape index (κ3) is 12.8. The molecular formula is C24H36F13NaO5S. The Labute approximate surface area is 270 Å². The van der Waals surface area contributed by atoms with Crippen molar-refractivity contribution < 1.29 is 109 Å². The number of ether oxygens (including phenoxy) is 2. The largest absolute Gasteiger partial charge is 1.00 e. The van der Waals surface area contributed by atoms with E-state index in [1.165, 1.54) is 12.8 Å². The van der Waals surface area contributed by atoms with Gasteiger partial charge in [0.25, 0.3) is 0 Å². The van der Waals surface area contributed by atoms with Crippen LogP contribution in [0.15, 0.2) is 0 Å². The van der Waals surface area contributed by atoms with Gasteiger partial charge < -0.3 is 14.0 Å². The molecule has 0 rings (SSSR count). The maximum absolute atomic E-state index is 13.8. The Hall–Kier alpha value is -0.0800. The molecule has 0 saturated heterocycles. The van der Waals surface area contributed by atoms with Crippen LogP contribution in [0.4, 0.5) is 57.1 Å². The second-order valence-corrected chi connectivity index (χ2v) is 11.7. The average Bonchev–Trinajstić information content (AvgIpc) is 2.85. The first-order valence-corrected chi connectivity index (χ1v) is 14.9. The van der Waals surface area contributed by atoms with Gasteiger partial charge in [0.1, 0.15) is 10.1 Å². The number of rotatable bonds is 24. The number of alkyl halides is 13. The molecule has 0 bridgehead atoms. The van der Waals surface area contributed by atoms with Crippen molar-refractivity contribution in [1.29, 1.82) is 0 Å². The molecule has 0 aliphatic carbocycles. The first-order chi connectivity index (χ1) is 19.4. The van der Waals surface area contributed by atoms with Crippen LogP contribution in [0.5, 0.6) is 0 Å². The van der Waals surface area contributed by atoms with Crippen LogP contribution in [-0.2, 0) is 19.6 Å². The Kier molecular flexibility index (Phi) is 19.9. The smallest absolute Gasteiger partial charge is 0.748 e. The van der Waals surface area contributed by atoms with Crippen molar-refractivity contribution in [1.82, 2.24) is 0 Å². The van der Waals surface area contributed by atoms with Crippen molar-refractivity contribution in [2.24, 2.45) is 0 Å². The zero-order chi connectivity index (χ0) is 33.8. The summed E-state index contributed by atoms with van der Waals surface area (Å²) in [5.41, 5.74) is 0. The molecule has 0 N–H and O–H groups in total. The Bertz CT molecular complexity index is 903. The van der Waals surface area contributed by atoms with Crippen molar-refractivity contribution in [3.8, 4) is 0 Å². The van der Waals surface area contributed by atoms with Gasteiger partial charge in [0.05, 0.1) is 18.5 Å². The zero-order valence-corrected chi connectivity index (χ0v) is 27.1. The second kappa shape index (κ2) is 19.1. The number of hydrogen-bond acceptors (Lipinski definition) is 5. The summed E-state index contributed by atoms with van der Waals surface area (Å²) in [6, 6.07) is 0. The maximum atomic E-state index is 13.8. The second-order valence-electron chi connectivity index (χ2n) is 10.0. The van der Waals surface area contributed by atoms with Crippen molar-refractivity contribution >= 4 is 10.1 Å². The maximum Gasteiger partial charge on any atom is 1.00 e. The average molecular weight is 707 g/mol. The Morgan fingerprint density at radius 1 is 0.568 bits per heavy atom. The van der Waals surface area contributed by atoms with E-state index in [-0.39, 0.29) is 36.2 Å². The Balaban J connectivity index is 0. The molecule has 0 saturated carbocycles. The minimum absolute atomic E-state index is 0. The van der Waals surface area contributed by atoms with Gasteiger partial charge in [-0.05, 0) is 12.8 Å². The molecule has 0 aromatic heterocycles. The minimum Gasteiger partial charge on any atom is -0.748 e. The normalized spacial score (nSPS) is 14.9. The number of unbranched alkanes of at least 4 members (excludes halogenated alkanes) is 9. The fourth-order valence-electron chi connectivity index (χ4n) is 3.69. The van der Waals surface area contributed by atoms with Gasteiger partial charge in [-0.3, -0.25) is 0 Å². The van der Waals surface area contributed by atoms with Crippen molar-refractivity contribution in [3.05, 3.63) is 0 Å². The summed E-state index contributed by atoms with van der Waals surface area (Å²) in [4.78, 5) is 0. The third-order valence-corrected chi connectivity index (χ3v) is 7.52. The molecule has 0 amide bonds. The van der Waals surface area contributed by atoms with Crippen LogP contribution in [-0.4, -0.2) is 80.4 Å². The first kappa shape index (κ1) is 46.0. The Morgan fingerprint density at radius 3 is 1.32 bits per heavy atom. The van der Waals surface area contributed by atoms with E-state index in [1.54, 1.807) is 0 Å². The van der Waals surface area contributed by atoms with Gasteiger partial charge in [0.2, 0.25) is 0 Å². The number of hydrogen-bond donors (Lipinski definition) is 0. The summed E-state index contributed by atoms with van der Waals surface area (Å²) in [5.74, 6) is -37.3. The van der Waals surface area contributed by atoms with E-state index in [0.717, 1.165) is 44.9 Å². The van der Waals surface area contributed by atoms with Crippen molar-refractivity contribution in [3.63, 3.8) is 0 Å². The van der Waals surface area contributed by atoms with Crippen LogP contribution in [0, 0.1) is 0 Å². The third-order valence-electron chi connectivity index (χ3n) is 6.44. The predicted molar refractivity (Wildman–Crippen MR) is 127 cm³/mol. The molecule has 20 heteroatoms. The molecule has 0 spiro atoms. The van der Waals surface area contributed by atoms with Crippen molar-refractivity contribution in [2.75, 3.05) is 26.4 Å². The molecule has 5 nitrogen and oxygen atoms in total. The van der Waals surface area contributed by atoms with E-state index in [1.807, 2.05) is 0 Å². The van der Waals surface area contributed by atoms with Gasteiger partial charge in [-0.1, -0.05) is 64.7 Å². The predicted octanol–water partition coefficient (Wildman–Crippen LogP) is 5.38. The topological polar surface area (TPSA) is 75.7 Å². The van der Waals surface area contributed by atoms with Crippen LogP contribution in [0.25, 0.3) is 0 Å². The SMILES string of the molecule is CCCCCCCCCCCCOCC(COCCCC(F)(F)C(F)(F)C(F)(F)C(F)(F)C(F)(F)C(F)(F)F)S(=O)(=O)[O-].[Na+]. The van der Waals surface area contributed by atoms with Crippen LogP contribution >= 0.6 is 0 Å². The van der Waals surface area contributed by atoms with Crippen LogP contribution in [0.2, 0.25) is 0 Å². The van der Waals surface area contributed by atoms with Gasteiger partial charge >= 0.3 is 65.3 Å². The molecule has 0 aromatic rings. The standard InChI is InChI=1S/C24H37F13O5S.Na/c1-2-3-4-5-6-7-8-9-10-11-14-41-16-18(43(38,39)40)17-42-15-12-13-19(25,26)20(27,28)21(29,30)22(31,32)23(33,34)24(35,36)37;/h18H,2-17H2,1H3,(H,38,39,40);/q;+1/p-1. The molecule has 260 valence electrons. The van der Waals surface area contributed by atoms with E-state index < -0.39 is 83.8 Å². The molecular weight excluding hydrogens is 670 g/mol. The summed E-state index contributed by atoms with van der Waals surface area (Å²) in [6.07, 6.45) is -1.40.